The maximum Gasteiger partial charge on any atom is 0.354 e. The molecule has 0 spiro atoms. The lowest BCUT2D eigenvalue weighted by Gasteiger charge is -2.36. The minimum absolute atomic E-state index is 0.0270. The normalized spacial score (nSPS) is 17.5. The number of nitrogens with zero attached hydrogens (tertiary/aromatic N) is 6. The van der Waals surface area contributed by atoms with E-state index < -0.39 is 5.97 Å². The van der Waals surface area contributed by atoms with Crippen molar-refractivity contribution in [2.75, 3.05) is 96.3 Å². The van der Waals surface area contributed by atoms with Crippen LogP contribution in [0.15, 0.2) is 36.4 Å². The highest BCUT2D eigenvalue weighted by Gasteiger charge is 2.19. The average molecular weight is 603 g/mol. The number of hydrogen-bond donors (Lipinski definition) is 1. The second-order valence-electron chi connectivity index (χ2n) is 9.55. The Hall–Kier alpha value is -2.83. The number of thiocyanates is 1. The summed E-state index contributed by atoms with van der Waals surface area (Å²) in [5.74, 6) is 0.0920. The van der Waals surface area contributed by atoms with Gasteiger partial charge in [-0.05, 0) is 49.4 Å². The topological polar surface area (TPSA) is 134 Å². The van der Waals surface area contributed by atoms with E-state index in [-0.39, 0.29) is 5.69 Å². The monoisotopic (exact) mass is 602 g/mol. The molecule has 42 heavy (non-hydrogen) atoms. The Bertz CT molecular complexity index is 1090. The first-order valence-corrected chi connectivity index (χ1v) is 15.2. The Labute approximate surface area is 252 Å². The summed E-state index contributed by atoms with van der Waals surface area (Å²) in [6.45, 7) is 9.79. The van der Waals surface area contributed by atoms with Crippen LogP contribution in [0.5, 0.6) is 0 Å². The van der Waals surface area contributed by atoms with Crippen LogP contribution in [0.2, 0.25) is 0 Å². The number of rotatable bonds is 9. The van der Waals surface area contributed by atoms with Crippen LogP contribution < -0.4 is 5.01 Å². The van der Waals surface area contributed by atoms with Crippen LogP contribution >= 0.6 is 11.8 Å². The number of anilines is 1. The summed E-state index contributed by atoms with van der Waals surface area (Å²) in [4.78, 5) is 22.8. The fourth-order valence-electron chi connectivity index (χ4n) is 4.33. The molecule has 3 rings (SSSR count). The van der Waals surface area contributed by atoms with Gasteiger partial charge < -0.3 is 24.1 Å². The van der Waals surface area contributed by atoms with Gasteiger partial charge in [0.15, 0.2) is 5.69 Å². The number of aromatic nitrogens is 2. The molecule has 0 radical (unpaired) electrons. The lowest BCUT2D eigenvalue weighted by Crippen LogP contribution is -2.47. The summed E-state index contributed by atoms with van der Waals surface area (Å²) in [5, 5.41) is 24.5. The van der Waals surface area contributed by atoms with Crippen molar-refractivity contribution in [1.82, 2.24) is 19.9 Å². The minimum atomic E-state index is -1.09. The van der Waals surface area contributed by atoms with E-state index in [9.17, 15) is 9.90 Å². The van der Waals surface area contributed by atoms with Crippen LogP contribution in [0.3, 0.4) is 0 Å². The smallest absolute Gasteiger partial charge is 0.354 e. The van der Waals surface area contributed by atoms with E-state index >= 15 is 0 Å². The maximum atomic E-state index is 11.6. The molecule has 0 bridgehead atoms. The second kappa shape index (κ2) is 20.1. The zero-order valence-corrected chi connectivity index (χ0v) is 25.2. The van der Waals surface area contributed by atoms with Crippen molar-refractivity contribution in [3.05, 3.63) is 53.5 Å². The zero-order valence-electron chi connectivity index (χ0n) is 24.4. The lowest BCUT2D eigenvalue weighted by molar-refractivity contribution is 0.00545. The fourth-order valence-corrected chi connectivity index (χ4v) is 4.69. The van der Waals surface area contributed by atoms with Crippen molar-refractivity contribution in [2.24, 2.45) is 0 Å². The predicted molar refractivity (Wildman–Crippen MR) is 160 cm³/mol. The molecule has 2 aromatic rings. The SMILES string of the molecule is Cc1cccc(CN2CCOCCOCCN(N(CCCSC#N)c3cccc(C(=O)O)n3)CCOCCOCC2)n1. The Morgan fingerprint density at radius 2 is 1.55 bits per heavy atom. The van der Waals surface area contributed by atoms with Crippen LogP contribution in [0, 0.1) is 17.6 Å². The molecular formula is C29H42N6O6S. The molecule has 0 unspecified atom stereocenters. The average Bonchev–Trinajstić information content (AvgIpc) is 2.98. The van der Waals surface area contributed by atoms with Crippen LogP contribution in [0.1, 0.15) is 28.3 Å². The van der Waals surface area contributed by atoms with Gasteiger partial charge in [0.05, 0.1) is 58.5 Å². The van der Waals surface area contributed by atoms with E-state index in [1.807, 2.05) is 30.1 Å². The molecule has 0 aliphatic carbocycles. The molecule has 0 atom stereocenters. The number of thioether (sulfide) groups is 1. The first kappa shape index (κ1) is 33.7. The second-order valence-corrected chi connectivity index (χ2v) is 10.4. The van der Waals surface area contributed by atoms with Crippen molar-refractivity contribution in [3.63, 3.8) is 0 Å². The highest BCUT2D eigenvalue weighted by molar-refractivity contribution is 8.03. The number of hydrogen-bond acceptors (Lipinski definition) is 12. The van der Waals surface area contributed by atoms with E-state index in [0.717, 1.165) is 31.0 Å². The molecule has 1 N–H and O–H groups in total. The van der Waals surface area contributed by atoms with Crippen molar-refractivity contribution in [2.45, 2.75) is 19.9 Å². The summed E-state index contributed by atoms with van der Waals surface area (Å²) in [6, 6.07) is 11.0. The third-order valence-corrected chi connectivity index (χ3v) is 7.03. The summed E-state index contributed by atoms with van der Waals surface area (Å²) in [5.41, 5.74) is 2.00. The van der Waals surface area contributed by atoms with Gasteiger partial charge in [-0.15, -0.1) is 0 Å². The summed E-state index contributed by atoms with van der Waals surface area (Å²) >= 11 is 1.19. The molecule has 1 saturated heterocycles. The first-order chi connectivity index (χ1) is 20.6. The van der Waals surface area contributed by atoms with Gasteiger partial charge in [-0.3, -0.25) is 14.9 Å². The minimum Gasteiger partial charge on any atom is -0.477 e. The number of ether oxygens (including phenoxy) is 4. The highest BCUT2D eigenvalue weighted by Crippen LogP contribution is 2.16. The van der Waals surface area contributed by atoms with E-state index in [4.69, 9.17) is 24.2 Å². The third-order valence-electron chi connectivity index (χ3n) is 6.41. The standard InChI is InChI=1S/C29H42N6O6S/c1-25-5-2-6-26(31-25)23-33-10-14-38-18-20-40-16-12-34(13-17-41-21-19-39-15-11-33)35(9-4-22-42-24-30)28-8-3-7-27(32-28)29(36)37/h2-3,5-8H,4,9-23H2,1H3,(H,36,37). The molecule has 12 nitrogen and oxygen atoms in total. The van der Waals surface area contributed by atoms with E-state index in [0.29, 0.717) is 90.5 Å². The molecule has 3 heterocycles. The zero-order chi connectivity index (χ0) is 29.8. The third kappa shape index (κ3) is 13.0. The van der Waals surface area contributed by atoms with E-state index in [1.165, 1.54) is 17.8 Å². The van der Waals surface area contributed by atoms with Crippen molar-refractivity contribution in [1.29, 1.82) is 5.26 Å². The molecule has 1 aliphatic heterocycles. The highest BCUT2D eigenvalue weighted by atomic mass is 32.2. The molecule has 1 fully saturated rings. The molecule has 13 heteroatoms. The van der Waals surface area contributed by atoms with Crippen LogP contribution in [-0.2, 0) is 25.5 Å². The number of aromatic carboxylic acids is 1. The summed E-state index contributed by atoms with van der Waals surface area (Å²) < 4.78 is 23.5. The van der Waals surface area contributed by atoms with Crippen LogP contribution in [-0.4, -0.2) is 122 Å². The maximum absolute atomic E-state index is 11.6. The number of hydrazine groups is 1. The molecule has 2 aromatic heterocycles. The summed E-state index contributed by atoms with van der Waals surface area (Å²) in [6.07, 6.45) is 0.716. The Morgan fingerprint density at radius 1 is 0.929 bits per heavy atom. The number of carboxylic acid groups (broad SMARTS) is 1. The van der Waals surface area contributed by atoms with Gasteiger partial charge in [0.2, 0.25) is 0 Å². The quantitative estimate of drug-likeness (QED) is 0.333. The first-order valence-electron chi connectivity index (χ1n) is 14.3. The Morgan fingerprint density at radius 3 is 2.14 bits per heavy atom. The number of nitriles is 1. The van der Waals surface area contributed by atoms with E-state index in [1.54, 1.807) is 12.1 Å². The predicted octanol–water partition coefficient (Wildman–Crippen LogP) is 2.69. The van der Waals surface area contributed by atoms with Gasteiger partial charge in [0.25, 0.3) is 0 Å². The van der Waals surface area contributed by atoms with Gasteiger partial charge in [-0.25, -0.2) is 14.8 Å². The van der Waals surface area contributed by atoms with Crippen molar-refractivity contribution < 1.29 is 28.8 Å². The van der Waals surface area contributed by atoms with Gasteiger partial charge in [-0.1, -0.05) is 12.1 Å². The molecule has 0 saturated carbocycles. The van der Waals surface area contributed by atoms with Crippen LogP contribution in [0.4, 0.5) is 5.82 Å². The number of aryl methyl sites for hydroxylation is 1. The number of carboxylic acids is 1. The van der Waals surface area contributed by atoms with E-state index in [2.05, 4.69) is 25.3 Å². The van der Waals surface area contributed by atoms with Gasteiger partial charge >= 0.3 is 5.97 Å². The number of carbonyl (C=O) groups is 1. The molecule has 230 valence electrons. The fraction of sp³-hybridized carbons (Fsp3) is 0.586. The van der Waals surface area contributed by atoms with Crippen LogP contribution in [0.25, 0.3) is 0 Å². The Kier molecular flexibility index (Phi) is 16.1. The molecule has 0 aromatic carbocycles. The number of pyridine rings is 2. The molecule has 1 aliphatic rings. The van der Waals surface area contributed by atoms with Crippen molar-refractivity contribution in [3.8, 4) is 5.40 Å². The van der Waals surface area contributed by atoms with Gasteiger partial charge in [0, 0.05) is 50.7 Å². The van der Waals surface area contributed by atoms with Crippen molar-refractivity contribution >= 4 is 23.5 Å². The van der Waals surface area contributed by atoms with Gasteiger partial charge in [0.1, 0.15) is 11.2 Å². The lowest BCUT2D eigenvalue weighted by atomic mass is 10.3. The largest absolute Gasteiger partial charge is 0.477 e. The summed E-state index contributed by atoms with van der Waals surface area (Å²) in [7, 11) is 0. The Balaban J connectivity index is 1.59. The van der Waals surface area contributed by atoms with Gasteiger partial charge in [-0.2, -0.15) is 5.26 Å². The molecular weight excluding hydrogens is 560 g/mol. The molecule has 0 amide bonds.